The number of carbonyl (C=O) groups excluding carboxylic acids is 2. The van der Waals surface area contributed by atoms with Gasteiger partial charge in [0.1, 0.15) is 22.9 Å². The van der Waals surface area contributed by atoms with E-state index in [0.717, 1.165) is 11.6 Å². The Morgan fingerprint density at radius 2 is 1.94 bits per heavy atom. The van der Waals surface area contributed by atoms with Crippen LogP contribution in [0.15, 0.2) is 65.6 Å². The number of rotatable bonds is 5. The summed E-state index contributed by atoms with van der Waals surface area (Å²) in [5, 5.41) is 2.75. The van der Waals surface area contributed by atoms with E-state index in [0.29, 0.717) is 23.5 Å². The molecule has 1 heterocycles. The molecule has 168 valence electrons. The minimum atomic E-state index is -1.84. The van der Waals surface area contributed by atoms with E-state index >= 15 is 0 Å². The minimum absolute atomic E-state index is 0.0537. The van der Waals surface area contributed by atoms with Crippen LogP contribution in [-0.2, 0) is 17.9 Å². The maximum absolute atomic E-state index is 13.8. The molecule has 0 aromatic heterocycles. The van der Waals surface area contributed by atoms with Crippen molar-refractivity contribution in [2.75, 3.05) is 11.8 Å². The summed E-state index contributed by atoms with van der Waals surface area (Å²) in [4.78, 5) is 25.6. The Balaban J connectivity index is 1.54. The first-order chi connectivity index (χ1) is 15.9. The van der Waals surface area contributed by atoms with Crippen molar-refractivity contribution in [2.24, 2.45) is 0 Å². The van der Waals surface area contributed by atoms with Crippen molar-refractivity contribution < 1.29 is 23.3 Å². The van der Waals surface area contributed by atoms with Crippen LogP contribution in [0.4, 0.5) is 10.1 Å². The van der Waals surface area contributed by atoms with Gasteiger partial charge in [-0.15, -0.1) is 0 Å². The molecule has 1 atom stereocenters. The lowest BCUT2D eigenvalue weighted by molar-refractivity contribution is 0.0951. The average Bonchev–Trinajstić information content (AvgIpc) is 2.82. The van der Waals surface area contributed by atoms with Crippen LogP contribution in [0, 0.1) is 5.82 Å². The number of carbonyl (C=O) groups is 2. The number of amides is 1. The van der Waals surface area contributed by atoms with Crippen LogP contribution in [0.3, 0.4) is 0 Å². The summed E-state index contributed by atoms with van der Waals surface area (Å²) >= 11 is 3.86. The molecule has 33 heavy (non-hydrogen) atoms. The van der Waals surface area contributed by atoms with E-state index in [-0.39, 0.29) is 27.0 Å². The van der Waals surface area contributed by atoms with E-state index in [4.69, 9.17) is 16.3 Å². The Morgan fingerprint density at radius 1 is 1.18 bits per heavy atom. The number of halogens is 2. The highest BCUT2D eigenvalue weighted by Crippen LogP contribution is 2.32. The number of anilines is 1. The van der Waals surface area contributed by atoms with Crippen LogP contribution in [-0.4, -0.2) is 23.4 Å². The summed E-state index contributed by atoms with van der Waals surface area (Å²) in [5.74, 6) is -0.807. The van der Waals surface area contributed by atoms with Crippen LogP contribution in [0.2, 0.25) is 5.02 Å². The van der Waals surface area contributed by atoms with Crippen molar-refractivity contribution in [2.45, 2.75) is 6.54 Å². The molecule has 3 aromatic carbocycles. The fraction of sp³-hybridized carbons (Fsp3) is 0.0833. The molecule has 3 aromatic rings. The van der Waals surface area contributed by atoms with Gasteiger partial charge in [-0.2, -0.15) is 0 Å². The summed E-state index contributed by atoms with van der Waals surface area (Å²) in [6, 6.07) is 15.8. The van der Waals surface area contributed by atoms with Gasteiger partial charge in [0.05, 0.1) is 23.4 Å². The van der Waals surface area contributed by atoms with Gasteiger partial charge in [-0.05, 0) is 53.6 Å². The van der Waals surface area contributed by atoms with Gasteiger partial charge in [-0.3, -0.25) is 9.59 Å². The molecular weight excluding hydrogens is 467 g/mol. The molecule has 0 fully saturated rings. The standard InChI is InChI=1S/C24H18ClFN2O4S/c1-32-17-6-2-14(3-7-17)13-27-24(30)16-5-9-21-18(12-16)23(29)22(33(31)28-21)11-15-4-8-19(25)20(26)10-15/h2-12,28H,13H2,1H3,(H,27,30)/b22-11+. The van der Waals surface area contributed by atoms with Crippen molar-refractivity contribution in [3.8, 4) is 5.75 Å². The van der Waals surface area contributed by atoms with Crippen molar-refractivity contribution in [3.05, 3.63) is 98.7 Å². The number of benzene rings is 3. The molecular formula is C24H18ClFN2O4S. The normalized spacial score (nSPS) is 16.2. The molecule has 0 saturated carbocycles. The lowest BCUT2D eigenvalue weighted by atomic mass is 10.0. The summed E-state index contributed by atoms with van der Waals surface area (Å²) in [7, 11) is 1.58. The highest BCUT2D eigenvalue weighted by atomic mass is 35.5. The summed E-state index contributed by atoms with van der Waals surface area (Å²) in [6.45, 7) is 0.295. The monoisotopic (exact) mass is 484 g/mol. The second kappa shape index (κ2) is 9.66. The number of allylic oxidation sites excluding steroid dienone is 1. The Kier molecular flexibility index (Phi) is 6.69. The SMILES string of the molecule is COc1ccc(CNC(=O)c2ccc3c(c2)C(=O)/C(=C\c2ccc(Cl)c(F)c2)[S+]([O-])N3)cc1. The smallest absolute Gasteiger partial charge is 0.251 e. The average molecular weight is 485 g/mol. The highest BCUT2D eigenvalue weighted by Gasteiger charge is 2.34. The predicted octanol–water partition coefficient (Wildman–Crippen LogP) is 4.73. The molecule has 0 aliphatic carbocycles. The number of ether oxygens (including phenoxy) is 1. The van der Waals surface area contributed by atoms with Gasteiger partial charge in [0.2, 0.25) is 10.7 Å². The number of ketones is 1. The first-order valence-corrected chi connectivity index (χ1v) is 11.3. The van der Waals surface area contributed by atoms with Crippen LogP contribution >= 0.6 is 11.6 Å². The van der Waals surface area contributed by atoms with Gasteiger partial charge in [0.25, 0.3) is 5.91 Å². The Labute approximate surface area is 197 Å². The summed E-state index contributed by atoms with van der Waals surface area (Å²) in [5.41, 5.74) is 2.06. The highest BCUT2D eigenvalue weighted by molar-refractivity contribution is 7.97. The minimum Gasteiger partial charge on any atom is -0.588 e. The second-order valence-electron chi connectivity index (χ2n) is 7.17. The number of nitrogens with one attached hydrogen (secondary N) is 2. The number of methoxy groups -OCH3 is 1. The van der Waals surface area contributed by atoms with E-state index in [9.17, 15) is 18.5 Å². The second-order valence-corrected chi connectivity index (χ2v) is 8.76. The number of Topliss-reactive ketones (excluding diaryl/α,β-unsaturated/α-hetero) is 1. The van der Waals surface area contributed by atoms with Crippen molar-refractivity contribution >= 4 is 46.4 Å². The third kappa shape index (κ3) is 5.03. The Hall–Kier alpha value is -3.33. The third-order valence-corrected chi connectivity index (χ3v) is 6.42. The lowest BCUT2D eigenvalue weighted by Crippen LogP contribution is -2.28. The maximum atomic E-state index is 13.8. The van der Waals surface area contributed by atoms with Gasteiger partial charge in [0, 0.05) is 18.2 Å². The van der Waals surface area contributed by atoms with E-state index in [1.807, 2.05) is 12.1 Å². The fourth-order valence-corrected chi connectivity index (χ4v) is 4.36. The number of fused-ring (bicyclic) bond motifs is 1. The van der Waals surface area contributed by atoms with Gasteiger partial charge in [-0.25, -0.2) is 9.11 Å². The molecule has 1 aliphatic rings. The van der Waals surface area contributed by atoms with Crippen LogP contribution < -0.4 is 14.8 Å². The molecule has 1 unspecified atom stereocenters. The molecule has 6 nitrogen and oxygen atoms in total. The number of hydrogen-bond acceptors (Lipinski definition) is 5. The molecule has 0 saturated heterocycles. The molecule has 2 N–H and O–H groups in total. The Bertz CT molecular complexity index is 1260. The predicted molar refractivity (Wildman–Crippen MR) is 126 cm³/mol. The van der Waals surface area contributed by atoms with E-state index in [2.05, 4.69) is 10.0 Å². The molecule has 9 heteroatoms. The van der Waals surface area contributed by atoms with Crippen molar-refractivity contribution in [1.82, 2.24) is 5.32 Å². The van der Waals surface area contributed by atoms with Crippen molar-refractivity contribution in [1.29, 1.82) is 0 Å². The van der Waals surface area contributed by atoms with Gasteiger partial charge >= 0.3 is 0 Å². The van der Waals surface area contributed by atoms with Crippen LogP contribution in [0.5, 0.6) is 5.75 Å². The van der Waals surface area contributed by atoms with Gasteiger partial charge < -0.3 is 14.6 Å². The van der Waals surface area contributed by atoms with Crippen molar-refractivity contribution in [3.63, 3.8) is 0 Å². The quantitative estimate of drug-likeness (QED) is 0.403. The fourth-order valence-electron chi connectivity index (χ4n) is 3.23. The molecule has 0 bridgehead atoms. The molecule has 1 amide bonds. The molecule has 1 aliphatic heterocycles. The molecule has 0 radical (unpaired) electrons. The number of hydrogen-bond donors (Lipinski definition) is 2. The Morgan fingerprint density at radius 3 is 2.64 bits per heavy atom. The summed E-state index contributed by atoms with van der Waals surface area (Å²) < 4.78 is 34.2. The maximum Gasteiger partial charge on any atom is 0.251 e. The first-order valence-electron chi connectivity index (χ1n) is 9.81. The zero-order chi connectivity index (χ0) is 23.5. The summed E-state index contributed by atoms with van der Waals surface area (Å²) in [6.07, 6.45) is 1.34. The largest absolute Gasteiger partial charge is 0.588 e. The van der Waals surface area contributed by atoms with Crippen LogP contribution in [0.1, 0.15) is 31.8 Å². The zero-order valence-corrected chi connectivity index (χ0v) is 18.9. The van der Waals surface area contributed by atoms with Gasteiger partial charge in [-0.1, -0.05) is 29.8 Å². The zero-order valence-electron chi connectivity index (χ0n) is 17.4. The van der Waals surface area contributed by atoms with E-state index in [1.165, 1.54) is 30.3 Å². The van der Waals surface area contributed by atoms with Gasteiger partial charge in [0.15, 0.2) is 0 Å². The third-order valence-electron chi connectivity index (χ3n) is 5.01. The van der Waals surface area contributed by atoms with Crippen LogP contribution in [0.25, 0.3) is 6.08 Å². The van der Waals surface area contributed by atoms with E-state index in [1.54, 1.807) is 25.3 Å². The molecule has 0 spiro atoms. The van der Waals surface area contributed by atoms with E-state index < -0.39 is 23.0 Å². The topological polar surface area (TPSA) is 90.5 Å². The lowest BCUT2D eigenvalue weighted by Gasteiger charge is -2.21. The molecule has 4 rings (SSSR count). The first kappa shape index (κ1) is 22.8.